The largest absolute Gasteiger partial charge is 0.481 e. The molecule has 0 bridgehead atoms. The predicted octanol–water partition coefficient (Wildman–Crippen LogP) is 0.801. The molecular weight excluding hydrogens is 142 g/mol. The Kier molecular flexibility index (Phi) is 2.49. The minimum atomic E-state index is -0.677. The van der Waals surface area contributed by atoms with Crippen molar-refractivity contribution in [1.29, 1.82) is 0 Å². The summed E-state index contributed by atoms with van der Waals surface area (Å²) in [5, 5.41) is 8.73. The molecule has 0 aromatic carbocycles. The molecule has 3 nitrogen and oxygen atoms in total. The van der Waals surface area contributed by atoms with Gasteiger partial charge in [0.1, 0.15) is 0 Å². The average molecular weight is 157 g/mol. The maximum atomic E-state index is 10.6. The fraction of sp³-hybridized carbons (Fsp3) is 0.875. The highest BCUT2D eigenvalue weighted by Gasteiger charge is 2.30. The van der Waals surface area contributed by atoms with Gasteiger partial charge in [0.2, 0.25) is 0 Å². The lowest BCUT2D eigenvalue weighted by Gasteiger charge is -2.22. The van der Waals surface area contributed by atoms with Gasteiger partial charge in [-0.2, -0.15) is 0 Å². The van der Waals surface area contributed by atoms with E-state index in [2.05, 4.69) is 4.90 Å². The van der Waals surface area contributed by atoms with Gasteiger partial charge in [0.15, 0.2) is 0 Å². The van der Waals surface area contributed by atoms with E-state index in [4.69, 9.17) is 5.11 Å². The van der Waals surface area contributed by atoms with Crippen molar-refractivity contribution < 1.29 is 9.90 Å². The van der Waals surface area contributed by atoms with E-state index in [1.54, 1.807) is 6.92 Å². The van der Waals surface area contributed by atoms with Crippen molar-refractivity contribution in [2.45, 2.75) is 25.8 Å². The Balaban J connectivity index is 2.52. The lowest BCUT2D eigenvalue weighted by molar-refractivity contribution is -0.142. The van der Waals surface area contributed by atoms with E-state index in [0.29, 0.717) is 0 Å². The van der Waals surface area contributed by atoms with Gasteiger partial charge in [-0.15, -0.1) is 0 Å². The summed E-state index contributed by atoms with van der Waals surface area (Å²) in [6.45, 7) is 2.83. The number of carbonyl (C=O) groups is 1. The number of carboxylic acids is 1. The van der Waals surface area contributed by atoms with Crippen LogP contribution in [-0.4, -0.2) is 35.6 Å². The van der Waals surface area contributed by atoms with E-state index in [1.807, 2.05) is 7.05 Å². The van der Waals surface area contributed by atoms with E-state index in [0.717, 1.165) is 19.4 Å². The van der Waals surface area contributed by atoms with Gasteiger partial charge in [-0.3, -0.25) is 4.79 Å². The molecule has 1 saturated heterocycles. The second-order valence-electron chi connectivity index (χ2n) is 3.32. The Labute approximate surface area is 67.0 Å². The summed E-state index contributed by atoms with van der Waals surface area (Å²) in [5.41, 5.74) is 0. The van der Waals surface area contributed by atoms with Crippen LogP contribution in [-0.2, 0) is 4.79 Å². The standard InChI is InChI=1S/C8H15NO2/c1-6(8(10)11)7-4-3-5-9(7)2/h6-7H,3-5H2,1-2H3,(H,10,11). The molecule has 0 radical (unpaired) electrons. The monoisotopic (exact) mass is 157 g/mol. The Morgan fingerprint density at radius 3 is 2.73 bits per heavy atom. The first-order valence-corrected chi connectivity index (χ1v) is 4.06. The minimum absolute atomic E-state index is 0.220. The van der Waals surface area contributed by atoms with E-state index in [-0.39, 0.29) is 12.0 Å². The minimum Gasteiger partial charge on any atom is -0.481 e. The van der Waals surface area contributed by atoms with Crippen LogP contribution < -0.4 is 0 Å². The molecule has 1 aliphatic rings. The first-order valence-electron chi connectivity index (χ1n) is 4.06. The molecule has 0 spiro atoms. The Morgan fingerprint density at radius 1 is 1.73 bits per heavy atom. The number of hydrogen-bond acceptors (Lipinski definition) is 2. The first-order chi connectivity index (χ1) is 5.13. The molecule has 0 aromatic heterocycles. The molecule has 1 N–H and O–H groups in total. The van der Waals surface area contributed by atoms with E-state index < -0.39 is 5.97 Å². The molecule has 0 amide bonds. The maximum Gasteiger partial charge on any atom is 0.307 e. The topological polar surface area (TPSA) is 40.5 Å². The van der Waals surface area contributed by atoms with Crippen molar-refractivity contribution >= 4 is 5.97 Å². The first kappa shape index (κ1) is 8.53. The summed E-state index contributed by atoms with van der Waals surface area (Å²) >= 11 is 0. The van der Waals surface area contributed by atoms with Gasteiger partial charge in [0, 0.05) is 6.04 Å². The number of rotatable bonds is 2. The third-order valence-electron chi connectivity index (χ3n) is 2.54. The molecule has 3 heteroatoms. The fourth-order valence-corrected chi connectivity index (χ4v) is 1.73. The SMILES string of the molecule is CC(C(=O)O)C1CCCN1C. The van der Waals surface area contributed by atoms with Crippen molar-refractivity contribution in [3.8, 4) is 0 Å². The molecule has 0 saturated carbocycles. The molecule has 1 fully saturated rings. The third kappa shape index (κ3) is 1.71. The number of hydrogen-bond donors (Lipinski definition) is 1. The van der Waals surface area contributed by atoms with Crippen LogP contribution in [0.25, 0.3) is 0 Å². The normalized spacial score (nSPS) is 28.7. The smallest absolute Gasteiger partial charge is 0.307 e. The highest BCUT2D eigenvalue weighted by Crippen LogP contribution is 2.21. The van der Waals surface area contributed by atoms with E-state index in [9.17, 15) is 4.79 Å². The van der Waals surface area contributed by atoms with Gasteiger partial charge in [0.25, 0.3) is 0 Å². The van der Waals surface area contributed by atoms with Crippen molar-refractivity contribution in [2.24, 2.45) is 5.92 Å². The highest BCUT2D eigenvalue weighted by atomic mass is 16.4. The van der Waals surface area contributed by atoms with Gasteiger partial charge in [0.05, 0.1) is 5.92 Å². The van der Waals surface area contributed by atoms with Crippen LogP contribution in [0.4, 0.5) is 0 Å². The number of carboxylic acid groups (broad SMARTS) is 1. The van der Waals surface area contributed by atoms with E-state index in [1.165, 1.54) is 0 Å². The molecule has 2 unspecified atom stereocenters. The summed E-state index contributed by atoms with van der Waals surface area (Å²) in [5.74, 6) is -0.897. The van der Waals surface area contributed by atoms with Crippen LogP contribution in [0.15, 0.2) is 0 Å². The van der Waals surface area contributed by atoms with Crippen LogP contribution in [0, 0.1) is 5.92 Å². The summed E-state index contributed by atoms with van der Waals surface area (Å²) in [7, 11) is 2.00. The van der Waals surface area contributed by atoms with Gasteiger partial charge < -0.3 is 10.0 Å². The zero-order valence-corrected chi connectivity index (χ0v) is 7.08. The zero-order valence-electron chi connectivity index (χ0n) is 7.08. The number of likely N-dealkylation sites (tertiary alicyclic amines) is 1. The van der Waals surface area contributed by atoms with Crippen LogP contribution in [0.2, 0.25) is 0 Å². The lowest BCUT2D eigenvalue weighted by atomic mass is 10.0. The van der Waals surface area contributed by atoms with Gasteiger partial charge >= 0.3 is 5.97 Å². The Hall–Kier alpha value is -0.570. The highest BCUT2D eigenvalue weighted by molar-refractivity contribution is 5.70. The van der Waals surface area contributed by atoms with E-state index >= 15 is 0 Å². The summed E-state index contributed by atoms with van der Waals surface area (Å²) in [4.78, 5) is 12.7. The van der Waals surface area contributed by atoms with Crippen LogP contribution in [0.3, 0.4) is 0 Å². The van der Waals surface area contributed by atoms with Crippen molar-refractivity contribution in [2.75, 3.05) is 13.6 Å². The summed E-state index contributed by atoms with van der Waals surface area (Å²) < 4.78 is 0. The maximum absolute atomic E-state index is 10.6. The van der Waals surface area contributed by atoms with Crippen LogP contribution in [0.1, 0.15) is 19.8 Å². The molecule has 64 valence electrons. The van der Waals surface area contributed by atoms with Crippen LogP contribution >= 0.6 is 0 Å². The number of aliphatic carboxylic acids is 1. The van der Waals surface area contributed by atoms with Crippen molar-refractivity contribution in [1.82, 2.24) is 4.90 Å². The van der Waals surface area contributed by atoms with Crippen molar-refractivity contribution in [3.05, 3.63) is 0 Å². The number of nitrogens with zero attached hydrogens (tertiary/aromatic N) is 1. The molecule has 2 atom stereocenters. The molecule has 0 aliphatic carbocycles. The van der Waals surface area contributed by atoms with Crippen LogP contribution in [0.5, 0.6) is 0 Å². The molecule has 11 heavy (non-hydrogen) atoms. The molecule has 0 aromatic rings. The Bertz CT molecular complexity index is 158. The summed E-state index contributed by atoms with van der Waals surface area (Å²) in [6.07, 6.45) is 2.17. The van der Waals surface area contributed by atoms with Gasteiger partial charge in [-0.05, 0) is 26.4 Å². The quantitative estimate of drug-likeness (QED) is 0.644. The van der Waals surface area contributed by atoms with Gasteiger partial charge in [-0.25, -0.2) is 0 Å². The molecule has 1 rings (SSSR count). The predicted molar refractivity (Wildman–Crippen MR) is 42.5 cm³/mol. The average Bonchev–Trinajstić information content (AvgIpc) is 2.33. The lowest BCUT2D eigenvalue weighted by Crippen LogP contribution is -2.35. The molecule has 1 heterocycles. The van der Waals surface area contributed by atoms with Crippen molar-refractivity contribution in [3.63, 3.8) is 0 Å². The zero-order chi connectivity index (χ0) is 8.43. The second-order valence-corrected chi connectivity index (χ2v) is 3.32. The fourth-order valence-electron chi connectivity index (χ4n) is 1.73. The second kappa shape index (κ2) is 3.22. The Morgan fingerprint density at radius 2 is 2.36 bits per heavy atom. The molecule has 1 aliphatic heterocycles. The molecular formula is C8H15NO2. The summed E-state index contributed by atoms with van der Waals surface area (Å²) in [6, 6.07) is 0.257. The van der Waals surface area contributed by atoms with Gasteiger partial charge in [-0.1, -0.05) is 6.92 Å². The third-order valence-corrected chi connectivity index (χ3v) is 2.54.